The lowest BCUT2D eigenvalue weighted by Gasteiger charge is -2.38. The summed E-state index contributed by atoms with van der Waals surface area (Å²) in [5.41, 5.74) is 3.19. The van der Waals surface area contributed by atoms with E-state index >= 15 is 0 Å². The fraction of sp³-hybridized carbons (Fsp3) is 0.333. The lowest BCUT2D eigenvalue weighted by Crippen LogP contribution is -2.49. The van der Waals surface area contributed by atoms with Crippen LogP contribution in [0, 0.1) is 0 Å². The maximum absolute atomic E-state index is 13.2. The van der Waals surface area contributed by atoms with Gasteiger partial charge in [0.25, 0.3) is 5.91 Å². The fourth-order valence-electron chi connectivity index (χ4n) is 4.50. The summed E-state index contributed by atoms with van der Waals surface area (Å²) in [6, 6.07) is 14.7. The van der Waals surface area contributed by atoms with Gasteiger partial charge in [-0.15, -0.1) is 0 Å². The van der Waals surface area contributed by atoms with E-state index in [1.54, 1.807) is 0 Å². The number of carbonyl (C=O) groups is 1. The van der Waals surface area contributed by atoms with Gasteiger partial charge in [-0.1, -0.05) is 30.3 Å². The number of benzene rings is 1. The van der Waals surface area contributed by atoms with E-state index in [0.717, 1.165) is 25.3 Å². The van der Waals surface area contributed by atoms with Crippen LogP contribution in [-0.4, -0.2) is 49.2 Å². The monoisotopic (exact) mass is 361 g/mol. The van der Waals surface area contributed by atoms with Gasteiger partial charge in [-0.2, -0.15) is 5.10 Å². The van der Waals surface area contributed by atoms with Crippen LogP contribution in [0.3, 0.4) is 0 Å². The molecule has 6 nitrogen and oxygen atoms in total. The molecule has 5 rings (SSSR count). The van der Waals surface area contributed by atoms with E-state index in [-0.39, 0.29) is 11.9 Å². The SMILES string of the molecule is Cn1cc(CN2C[C@@H]3[C@@H](C2)n2cccc2C(=O)N3Cc2ccccc2)cn1. The minimum atomic E-state index is 0.133. The Labute approximate surface area is 158 Å². The van der Waals surface area contributed by atoms with E-state index in [2.05, 4.69) is 44.0 Å². The van der Waals surface area contributed by atoms with Crippen LogP contribution in [-0.2, 0) is 20.1 Å². The van der Waals surface area contributed by atoms with Crippen molar-refractivity contribution in [3.05, 3.63) is 77.9 Å². The van der Waals surface area contributed by atoms with Gasteiger partial charge in [-0.25, -0.2) is 0 Å². The third kappa shape index (κ3) is 2.86. The first-order valence-electron chi connectivity index (χ1n) is 9.40. The van der Waals surface area contributed by atoms with E-state index in [1.165, 1.54) is 11.1 Å². The average molecular weight is 361 g/mol. The van der Waals surface area contributed by atoms with Crippen LogP contribution in [0.25, 0.3) is 0 Å². The summed E-state index contributed by atoms with van der Waals surface area (Å²) < 4.78 is 4.02. The molecule has 0 unspecified atom stereocenters. The first-order chi connectivity index (χ1) is 13.2. The molecule has 1 fully saturated rings. The number of hydrogen-bond acceptors (Lipinski definition) is 3. The molecule has 4 heterocycles. The Bertz CT molecular complexity index is 960. The second kappa shape index (κ2) is 6.39. The highest BCUT2D eigenvalue weighted by Crippen LogP contribution is 2.35. The number of rotatable bonds is 4. The number of fused-ring (bicyclic) bond motifs is 3. The number of amides is 1. The van der Waals surface area contributed by atoms with E-state index < -0.39 is 0 Å². The van der Waals surface area contributed by atoms with Crippen molar-refractivity contribution >= 4 is 5.91 Å². The van der Waals surface area contributed by atoms with Crippen molar-refractivity contribution in [2.45, 2.75) is 25.2 Å². The van der Waals surface area contributed by atoms with Crippen molar-refractivity contribution in [1.82, 2.24) is 24.1 Å². The van der Waals surface area contributed by atoms with E-state index in [0.29, 0.717) is 12.6 Å². The van der Waals surface area contributed by atoms with E-state index in [9.17, 15) is 4.79 Å². The summed E-state index contributed by atoms with van der Waals surface area (Å²) in [4.78, 5) is 17.7. The third-order valence-electron chi connectivity index (χ3n) is 5.71. The van der Waals surface area contributed by atoms with Crippen molar-refractivity contribution in [3.63, 3.8) is 0 Å². The molecule has 2 aliphatic heterocycles. The molecule has 2 atom stereocenters. The quantitative estimate of drug-likeness (QED) is 0.716. The third-order valence-corrected chi connectivity index (χ3v) is 5.71. The molecule has 1 saturated heterocycles. The van der Waals surface area contributed by atoms with Crippen molar-refractivity contribution in [1.29, 1.82) is 0 Å². The number of likely N-dealkylation sites (tertiary alicyclic amines) is 1. The fourth-order valence-corrected chi connectivity index (χ4v) is 4.50. The predicted molar refractivity (Wildman–Crippen MR) is 102 cm³/mol. The molecule has 1 amide bonds. The Balaban J connectivity index is 1.43. The Morgan fingerprint density at radius 2 is 1.81 bits per heavy atom. The van der Waals surface area contributed by atoms with Gasteiger partial charge in [0.15, 0.2) is 0 Å². The first kappa shape index (κ1) is 16.3. The average Bonchev–Trinajstić information content (AvgIpc) is 3.39. The Morgan fingerprint density at radius 1 is 1.00 bits per heavy atom. The summed E-state index contributed by atoms with van der Waals surface area (Å²) in [5.74, 6) is 0.133. The number of nitrogens with zero attached hydrogens (tertiary/aromatic N) is 5. The minimum Gasteiger partial charge on any atom is -0.337 e. The van der Waals surface area contributed by atoms with Crippen LogP contribution < -0.4 is 0 Å². The van der Waals surface area contributed by atoms with Gasteiger partial charge >= 0.3 is 0 Å². The summed E-state index contributed by atoms with van der Waals surface area (Å²) >= 11 is 0. The van der Waals surface area contributed by atoms with Crippen molar-refractivity contribution in [2.24, 2.45) is 7.05 Å². The summed E-state index contributed by atoms with van der Waals surface area (Å²) in [7, 11) is 1.94. The van der Waals surface area contributed by atoms with Crippen LogP contribution in [0.1, 0.15) is 27.7 Å². The predicted octanol–water partition coefficient (Wildman–Crippen LogP) is 2.30. The molecule has 2 aliphatic rings. The highest BCUT2D eigenvalue weighted by molar-refractivity contribution is 5.94. The second-order valence-electron chi connectivity index (χ2n) is 7.57. The molecule has 0 radical (unpaired) electrons. The molecule has 6 heteroatoms. The topological polar surface area (TPSA) is 46.3 Å². The van der Waals surface area contributed by atoms with Crippen LogP contribution >= 0.6 is 0 Å². The van der Waals surface area contributed by atoms with Gasteiger partial charge in [0.1, 0.15) is 5.69 Å². The van der Waals surface area contributed by atoms with Crippen molar-refractivity contribution < 1.29 is 4.79 Å². The largest absolute Gasteiger partial charge is 0.337 e. The lowest BCUT2D eigenvalue weighted by atomic mass is 10.0. The van der Waals surface area contributed by atoms with Gasteiger partial charge in [0.05, 0.1) is 18.3 Å². The molecular formula is C21H23N5O. The molecule has 0 saturated carbocycles. The van der Waals surface area contributed by atoms with Crippen LogP contribution in [0.5, 0.6) is 0 Å². The molecule has 1 aromatic carbocycles. The van der Waals surface area contributed by atoms with Gasteiger partial charge in [-0.3, -0.25) is 14.4 Å². The van der Waals surface area contributed by atoms with Gasteiger partial charge < -0.3 is 9.47 Å². The van der Waals surface area contributed by atoms with Gasteiger partial charge in [0, 0.05) is 51.2 Å². The summed E-state index contributed by atoms with van der Waals surface area (Å²) in [5, 5.41) is 4.28. The highest BCUT2D eigenvalue weighted by Gasteiger charge is 2.44. The molecule has 3 aromatic rings. The molecule has 0 spiro atoms. The van der Waals surface area contributed by atoms with Crippen LogP contribution in [0.4, 0.5) is 0 Å². The van der Waals surface area contributed by atoms with Gasteiger partial charge in [0.2, 0.25) is 0 Å². The molecular weight excluding hydrogens is 338 g/mol. The van der Waals surface area contributed by atoms with Crippen molar-refractivity contribution in [3.8, 4) is 0 Å². The molecule has 2 aromatic heterocycles. The number of aryl methyl sites for hydroxylation is 1. The van der Waals surface area contributed by atoms with Gasteiger partial charge in [-0.05, 0) is 17.7 Å². The zero-order chi connectivity index (χ0) is 18.4. The lowest BCUT2D eigenvalue weighted by molar-refractivity contribution is 0.0556. The maximum atomic E-state index is 13.2. The summed E-state index contributed by atoms with van der Waals surface area (Å²) in [6.45, 7) is 3.35. The number of aromatic nitrogens is 3. The zero-order valence-electron chi connectivity index (χ0n) is 15.4. The van der Waals surface area contributed by atoms with E-state index in [4.69, 9.17) is 0 Å². The zero-order valence-corrected chi connectivity index (χ0v) is 15.4. The molecule has 138 valence electrons. The Kier molecular flexibility index (Phi) is 3.86. The standard InChI is InChI=1S/C21H23N5O/c1-23-11-17(10-22-23)12-24-14-19-20(15-24)26(13-16-6-3-2-4-7-16)21(27)18-8-5-9-25(18)19/h2-11,19-20H,12-15H2,1H3/t19-,20-/m1/s1. The smallest absolute Gasteiger partial charge is 0.271 e. The molecule has 27 heavy (non-hydrogen) atoms. The van der Waals surface area contributed by atoms with Crippen molar-refractivity contribution in [2.75, 3.05) is 13.1 Å². The normalized spacial score (nSPS) is 22.1. The Hall–Kier alpha value is -2.86. The minimum absolute atomic E-state index is 0.133. The summed E-state index contributed by atoms with van der Waals surface area (Å²) in [6.07, 6.45) is 6.05. The molecule has 0 N–H and O–H groups in total. The van der Waals surface area contributed by atoms with Crippen LogP contribution in [0.15, 0.2) is 61.1 Å². The van der Waals surface area contributed by atoms with E-state index in [1.807, 2.05) is 48.3 Å². The number of hydrogen-bond donors (Lipinski definition) is 0. The maximum Gasteiger partial charge on any atom is 0.271 e. The second-order valence-corrected chi connectivity index (χ2v) is 7.57. The Morgan fingerprint density at radius 3 is 2.59 bits per heavy atom. The molecule has 0 bridgehead atoms. The number of carbonyl (C=O) groups excluding carboxylic acids is 1. The highest BCUT2D eigenvalue weighted by atomic mass is 16.2. The van der Waals surface area contributed by atoms with Crippen LogP contribution in [0.2, 0.25) is 0 Å². The first-order valence-corrected chi connectivity index (χ1v) is 9.40. The molecule has 0 aliphatic carbocycles.